The largest absolute Gasteiger partial charge is 0.507 e. The minimum atomic E-state index is -0.644. The van der Waals surface area contributed by atoms with Gasteiger partial charge in [0, 0.05) is 126 Å². The molecule has 0 atom stereocenters. The van der Waals surface area contributed by atoms with Crippen LogP contribution in [0, 0.1) is 23.3 Å². The van der Waals surface area contributed by atoms with Crippen LogP contribution in [-0.2, 0) is 0 Å². The summed E-state index contributed by atoms with van der Waals surface area (Å²) in [6, 6.07) is 11.3. The first-order chi connectivity index (χ1) is 43.8. The highest BCUT2D eigenvalue weighted by atomic mass is 32.1. The van der Waals surface area contributed by atoms with Crippen molar-refractivity contribution in [1.29, 1.82) is 0 Å². The molecule has 3 aliphatic heterocycles. The maximum Gasteiger partial charge on any atom is 0.188 e. The van der Waals surface area contributed by atoms with Crippen LogP contribution < -0.4 is 30.7 Å². The number of nitrogens with one attached hydrogen (secondary N) is 6. The minimum absolute atomic E-state index is 0.0327. The van der Waals surface area contributed by atoms with Gasteiger partial charge in [0.2, 0.25) is 0 Å². The standard InChI is InChI=1S/2C23H26F2N6S2.C17H16N6OS2/c1-22(2)8-13(9-23(3,4)30-22)31(5)21-29-20-19(33-21)28-18(32-20)15-7-16(24)14(6-17(15)25)12-10-26-27-11-12;1-22(2)8-14(9-23(3,4)30-22)31(5)21-29-20-19(33-21)28-18(32-20)12-6-15(24)17(16(25)7-12)13-10-26-27-11-13;24-13-7-10(11-8-19-20-9-11)1-2-12(13)14-21-15-16(25-14)22-17(26-15)23-5-3-18-4-6-23/h6-7,10-11,13,30H,8-9H2,1-5H3,(H,26,27);6-7,10-11,14,30H,8-9H2,1-5H3,(H,26,27);1-2,7-9,18,24H,3-6H2,(H,19,20). The van der Waals surface area contributed by atoms with Gasteiger partial charge in [-0.2, -0.15) is 15.3 Å². The number of phenolic OH excluding ortho intramolecular Hbond substituents is 1. The number of nitrogens with zero attached hydrogens (tertiary/aromatic N) is 12. The summed E-state index contributed by atoms with van der Waals surface area (Å²) < 4.78 is 59.0. The molecule has 3 saturated heterocycles. The van der Waals surface area contributed by atoms with Gasteiger partial charge in [0.05, 0.1) is 29.7 Å². The van der Waals surface area contributed by atoms with E-state index in [1.807, 2.05) is 12.1 Å². The minimum Gasteiger partial charge on any atom is -0.507 e. The van der Waals surface area contributed by atoms with Gasteiger partial charge in [0.25, 0.3) is 0 Å². The van der Waals surface area contributed by atoms with Crippen molar-refractivity contribution < 1.29 is 22.7 Å². The smallest absolute Gasteiger partial charge is 0.188 e. The van der Waals surface area contributed by atoms with Gasteiger partial charge in [-0.1, -0.05) is 74.1 Å². The predicted octanol–water partition coefficient (Wildman–Crippen LogP) is 14.6. The summed E-state index contributed by atoms with van der Waals surface area (Å²) in [5.74, 6) is -2.11. The van der Waals surface area contributed by atoms with Crippen molar-refractivity contribution >= 4 is 112 Å². The maximum atomic E-state index is 14.9. The highest BCUT2D eigenvalue weighted by molar-refractivity contribution is 7.31. The van der Waals surface area contributed by atoms with Crippen LogP contribution in [0.3, 0.4) is 0 Å². The lowest BCUT2D eigenvalue weighted by Crippen LogP contribution is -2.61. The number of rotatable bonds is 11. The fraction of sp³-hybridized carbons (Fsp3) is 0.381. The summed E-state index contributed by atoms with van der Waals surface area (Å²) in [6.07, 6.45) is 13.4. The maximum absolute atomic E-state index is 14.9. The Bertz CT molecular complexity index is 4430. The molecule has 3 aliphatic rings. The van der Waals surface area contributed by atoms with Crippen molar-refractivity contribution in [3.63, 3.8) is 0 Å². The third-order valence-corrected chi connectivity index (χ3v) is 23.0. The molecule has 12 heterocycles. The molecular formula is C63H68F4N18OS6. The van der Waals surface area contributed by atoms with E-state index in [9.17, 15) is 22.7 Å². The van der Waals surface area contributed by atoms with Crippen LogP contribution >= 0.6 is 68.0 Å². The number of piperazine rings is 1. The molecule has 3 fully saturated rings. The Balaban J connectivity index is 0.000000127. The summed E-state index contributed by atoms with van der Waals surface area (Å²) >= 11 is 8.79. The zero-order valence-electron chi connectivity index (χ0n) is 52.1. The number of H-pyrrole nitrogens is 3. The fourth-order valence-electron chi connectivity index (χ4n) is 12.9. The number of phenols is 1. The third-order valence-electron chi connectivity index (χ3n) is 16.5. The molecule has 9 aromatic heterocycles. The van der Waals surface area contributed by atoms with Gasteiger partial charge < -0.3 is 35.8 Å². The first kappa shape index (κ1) is 63.4. The van der Waals surface area contributed by atoms with E-state index in [2.05, 4.69) is 141 Å². The number of anilines is 3. The van der Waals surface area contributed by atoms with Gasteiger partial charge in [-0.15, -0.1) is 0 Å². The Morgan fingerprint density at radius 1 is 0.467 bits per heavy atom. The van der Waals surface area contributed by atoms with Crippen molar-refractivity contribution in [2.24, 2.45) is 0 Å². The number of halogens is 4. The summed E-state index contributed by atoms with van der Waals surface area (Å²) in [5.41, 5.74) is 4.22. The van der Waals surface area contributed by atoms with Gasteiger partial charge in [0.15, 0.2) is 44.4 Å². The highest BCUT2D eigenvalue weighted by Gasteiger charge is 2.41. The zero-order valence-corrected chi connectivity index (χ0v) is 57.0. The van der Waals surface area contributed by atoms with Crippen molar-refractivity contribution in [2.75, 3.05) is 55.0 Å². The lowest BCUT2D eigenvalue weighted by molar-refractivity contribution is 0.160. The van der Waals surface area contributed by atoms with Crippen molar-refractivity contribution in [3.8, 4) is 70.8 Å². The molecule has 92 heavy (non-hydrogen) atoms. The van der Waals surface area contributed by atoms with Gasteiger partial charge >= 0.3 is 0 Å². The fourth-order valence-corrected chi connectivity index (χ4v) is 19.2. The predicted molar refractivity (Wildman–Crippen MR) is 367 cm³/mol. The second-order valence-electron chi connectivity index (χ2n) is 26.1. The molecule has 480 valence electrons. The summed E-state index contributed by atoms with van der Waals surface area (Å²) in [6.45, 7) is 21.8. The number of benzene rings is 3. The number of hydrogen-bond donors (Lipinski definition) is 7. The third kappa shape index (κ3) is 13.4. The number of thiazole rings is 6. The van der Waals surface area contributed by atoms with Crippen LogP contribution in [-0.4, -0.2) is 140 Å². The average Bonchev–Trinajstić information content (AvgIpc) is 1.58. The molecule has 0 radical (unpaired) electrons. The monoisotopic (exact) mass is 1360 g/mol. The molecule has 15 rings (SSSR count). The van der Waals surface area contributed by atoms with Gasteiger partial charge in [-0.3, -0.25) is 15.3 Å². The van der Waals surface area contributed by atoms with Gasteiger partial charge in [-0.05, 0) is 123 Å². The molecule has 0 bridgehead atoms. The van der Waals surface area contributed by atoms with Gasteiger partial charge in [-0.25, -0.2) is 47.5 Å². The SMILES string of the molecule is CN(c1nc2sc(-c3cc(F)c(-c4cn[nH]c4)c(F)c3)nc2s1)C1CC(C)(C)NC(C)(C)C1.CN(c1nc2sc(-c3cc(F)c(-c4cn[nH]c4)cc3F)nc2s1)C1CC(C)(C)NC(C)(C)C1.Oc1cc(-c2cn[nH]c2)ccc1-c1nc2sc(N3CCNCC3)nc2s1. The van der Waals surface area contributed by atoms with E-state index >= 15 is 0 Å². The van der Waals surface area contributed by atoms with E-state index in [-0.39, 0.29) is 44.6 Å². The van der Waals surface area contributed by atoms with E-state index in [1.54, 1.807) is 29.8 Å². The molecule has 12 aromatic rings. The molecule has 7 N–H and O–H groups in total. The molecule has 3 aromatic carbocycles. The quantitative estimate of drug-likeness (QED) is 0.0597. The Hall–Kier alpha value is -7.35. The Morgan fingerprint density at radius 2 is 0.913 bits per heavy atom. The normalized spacial score (nSPS) is 17.3. The number of aromatic amines is 3. The zero-order chi connectivity index (χ0) is 64.6. The summed E-state index contributed by atoms with van der Waals surface area (Å²) in [4.78, 5) is 40.0. The van der Waals surface area contributed by atoms with Crippen LogP contribution in [0.15, 0.2) is 79.6 Å². The van der Waals surface area contributed by atoms with Gasteiger partial charge in [0.1, 0.15) is 44.0 Å². The summed E-state index contributed by atoms with van der Waals surface area (Å²) in [7, 11) is 4.17. The average molecular weight is 1360 g/mol. The summed E-state index contributed by atoms with van der Waals surface area (Å²) in [5, 5.41) is 45.4. The van der Waals surface area contributed by atoms with Crippen molar-refractivity contribution in [3.05, 3.63) is 103 Å². The molecule has 0 unspecified atom stereocenters. The lowest BCUT2D eigenvalue weighted by Gasteiger charge is -2.48. The lowest BCUT2D eigenvalue weighted by atomic mass is 9.79. The van der Waals surface area contributed by atoms with Crippen molar-refractivity contribution in [1.82, 2.24) is 76.4 Å². The highest BCUT2D eigenvalue weighted by Crippen LogP contribution is 2.45. The number of aromatic hydroxyl groups is 1. The van der Waals surface area contributed by atoms with Crippen LogP contribution in [0.4, 0.5) is 33.0 Å². The molecule has 0 aliphatic carbocycles. The van der Waals surface area contributed by atoms with E-state index in [0.29, 0.717) is 38.8 Å². The molecule has 0 amide bonds. The van der Waals surface area contributed by atoms with E-state index in [1.165, 1.54) is 106 Å². The van der Waals surface area contributed by atoms with E-state index < -0.39 is 23.3 Å². The molecule has 0 spiro atoms. The van der Waals surface area contributed by atoms with E-state index in [0.717, 1.165) is 118 Å². The first-order valence-corrected chi connectivity index (χ1v) is 34.8. The number of fused-ring (bicyclic) bond motifs is 3. The number of piperidine rings is 2. The van der Waals surface area contributed by atoms with E-state index in [4.69, 9.17) is 19.9 Å². The number of hydrogen-bond acceptors (Lipinski definition) is 22. The Morgan fingerprint density at radius 3 is 1.41 bits per heavy atom. The van der Waals surface area contributed by atoms with Crippen LogP contribution in [0.1, 0.15) is 81.1 Å². The second kappa shape index (κ2) is 24.8. The van der Waals surface area contributed by atoms with Crippen molar-refractivity contribution in [2.45, 2.75) is 115 Å². The molecule has 0 saturated carbocycles. The number of aromatic nitrogens is 12. The Kier molecular flexibility index (Phi) is 17.1. The molecular weight excluding hydrogens is 1290 g/mol. The topological polar surface area (TPSA) is 229 Å². The second-order valence-corrected chi connectivity index (χ2v) is 31.9. The first-order valence-electron chi connectivity index (χ1n) is 29.9. The molecule has 19 nitrogen and oxygen atoms in total. The molecule has 29 heteroatoms. The Labute approximate surface area is 551 Å². The van der Waals surface area contributed by atoms with Crippen LogP contribution in [0.25, 0.3) is 94.1 Å². The van der Waals surface area contributed by atoms with Crippen LogP contribution in [0.2, 0.25) is 0 Å². The van der Waals surface area contributed by atoms with Crippen LogP contribution in [0.5, 0.6) is 5.75 Å².